The summed E-state index contributed by atoms with van der Waals surface area (Å²) in [6.45, 7) is 7.07. The van der Waals surface area contributed by atoms with E-state index in [1.54, 1.807) is 6.07 Å². The van der Waals surface area contributed by atoms with E-state index in [2.05, 4.69) is 4.98 Å². The molecule has 0 fully saturated rings. The lowest BCUT2D eigenvalue weighted by atomic mass is 9.96. The van der Waals surface area contributed by atoms with Crippen LogP contribution >= 0.6 is 0 Å². The van der Waals surface area contributed by atoms with E-state index < -0.39 is 5.67 Å². The van der Waals surface area contributed by atoms with Crippen LogP contribution in [0.4, 0.5) is 10.2 Å². The van der Waals surface area contributed by atoms with Crippen LogP contribution in [0.25, 0.3) is 0 Å². The molecule has 0 saturated heterocycles. The molecule has 2 nitrogen and oxygen atoms in total. The second kappa shape index (κ2) is 3.56. The van der Waals surface area contributed by atoms with Crippen LogP contribution in [0.1, 0.15) is 44.7 Å². The van der Waals surface area contributed by atoms with E-state index in [4.69, 9.17) is 5.73 Å². The molecule has 78 valence electrons. The first-order valence-corrected chi connectivity index (χ1v) is 4.77. The molecule has 0 aliphatic heterocycles. The first-order chi connectivity index (χ1) is 6.32. The van der Waals surface area contributed by atoms with Crippen molar-refractivity contribution in [1.29, 1.82) is 0 Å². The number of pyridine rings is 1. The van der Waals surface area contributed by atoms with Crippen LogP contribution in [-0.2, 0) is 5.67 Å². The molecule has 0 aliphatic carbocycles. The van der Waals surface area contributed by atoms with Gasteiger partial charge in [0.15, 0.2) is 0 Å². The summed E-state index contributed by atoms with van der Waals surface area (Å²) in [5.74, 6) is 0.762. The van der Waals surface area contributed by atoms with Gasteiger partial charge in [0.2, 0.25) is 0 Å². The minimum atomic E-state index is -1.36. The largest absolute Gasteiger partial charge is 0.383 e. The van der Waals surface area contributed by atoms with Gasteiger partial charge in [-0.05, 0) is 31.4 Å². The van der Waals surface area contributed by atoms with E-state index in [-0.39, 0.29) is 5.92 Å². The number of nitrogens with two attached hydrogens (primary N) is 1. The van der Waals surface area contributed by atoms with Crippen LogP contribution in [0, 0.1) is 0 Å². The van der Waals surface area contributed by atoms with Crippen molar-refractivity contribution in [2.24, 2.45) is 0 Å². The molecule has 0 unspecified atom stereocenters. The molecule has 0 spiro atoms. The third-order valence-corrected chi connectivity index (χ3v) is 2.26. The van der Waals surface area contributed by atoms with Crippen molar-refractivity contribution in [1.82, 2.24) is 4.98 Å². The van der Waals surface area contributed by atoms with E-state index >= 15 is 0 Å². The Labute approximate surface area is 84.3 Å². The van der Waals surface area contributed by atoms with E-state index in [9.17, 15) is 4.39 Å². The number of hydrogen-bond donors (Lipinski definition) is 1. The summed E-state index contributed by atoms with van der Waals surface area (Å²) in [7, 11) is 0. The lowest BCUT2D eigenvalue weighted by Crippen LogP contribution is -2.12. The van der Waals surface area contributed by atoms with Gasteiger partial charge in [-0.1, -0.05) is 13.8 Å². The summed E-state index contributed by atoms with van der Waals surface area (Å²) >= 11 is 0. The first kappa shape index (κ1) is 11.0. The van der Waals surface area contributed by atoms with Crippen molar-refractivity contribution in [2.75, 3.05) is 5.73 Å². The van der Waals surface area contributed by atoms with Gasteiger partial charge < -0.3 is 5.73 Å². The Morgan fingerprint density at radius 3 is 2.43 bits per heavy atom. The molecular formula is C11H17FN2. The molecule has 3 heteroatoms. The van der Waals surface area contributed by atoms with Gasteiger partial charge in [-0.15, -0.1) is 0 Å². The Hall–Kier alpha value is -1.12. The average molecular weight is 196 g/mol. The maximum Gasteiger partial charge on any atom is 0.131 e. The minimum Gasteiger partial charge on any atom is -0.383 e. The quantitative estimate of drug-likeness (QED) is 0.789. The first-order valence-electron chi connectivity index (χ1n) is 4.77. The number of hydrogen-bond acceptors (Lipinski definition) is 2. The summed E-state index contributed by atoms with van der Waals surface area (Å²) in [6.07, 6.45) is 1.50. The molecule has 1 aromatic heterocycles. The highest BCUT2D eigenvalue weighted by Crippen LogP contribution is 2.28. The SMILES string of the molecule is CC(C)c1cc(C(C)(C)F)cnc1N. The van der Waals surface area contributed by atoms with Gasteiger partial charge in [0.05, 0.1) is 0 Å². The van der Waals surface area contributed by atoms with Crippen LogP contribution < -0.4 is 5.73 Å². The van der Waals surface area contributed by atoms with Gasteiger partial charge in [0.25, 0.3) is 0 Å². The summed E-state index contributed by atoms with van der Waals surface area (Å²) in [6, 6.07) is 1.80. The smallest absolute Gasteiger partial charge is 0.131 e. The number of halogens is 1. The number of nitrogen functional groups attached to an aromatic ring is 1. The van der Waals surface area contributed by atoms with Crippen LogP contribution in [-0.4, -0.2) is 4.98 Å². The Balaban J connectivity index is 3.20. The van der Waals surface area contributed by atoms with E-state index in [0.29, 0.717) is 11.4 Å². The van der Waals surface area contributed by atoms with Crippen molar-refractivity contribution >= 4 is 5.82 Å². The fraction of sp³-hybridized carbons (Fsp3) is 0.545. The molecule has 2 N–H and O–H groups in total. The molecule has 1 heterocycles. The maximum atomic E-state index is 13.6. The highest BCUT2D eigenvalue weighted by molar-refractivity contribution is 5.43. The van der Waals surface area contributed by atoms with Crippen molar-refractivity contribution in [3.05, 3.63) is 23.4 Å². The standard InChI is InChI=1S/C11H17FN2/c1-7(2)9-5-8(11(3,4)12)6-14-10(9)13/h5-7H,1-4H3,(H2,13,14). The summed E-state index contributed by atoms with van der Waals surface area (Å²) in [5, 5.41) is 0. The van der Waals surface area contributed by atoms with Gasteiger partial charge in [0, 0.05) is 11.8 Å². The number of nitrogens with zero attached hydrogens (tertiary/aromatic N) is 1. The average Bonchev–Trinajstić information content (AvgIpc) is 2.02. The number of aromatic nitrogens is 1. The molecule has 0 saturated carbocycles. The second-order valence-corrected chi connectivity index (χ2v) is 4.33. The zero-order valence-corrected chi connectivity index (χ0v) is 9.13. The highest BCUT2D eigenvalue weighted by atomic mass is 19.1. The molecule has 0 radical (unpaired) electrons. The fourth-order valence-electron chi connectivity index (χ4n) is 1.28. The predicted octanol–water partition coefficient (Wildman–Crippen LogP) is 2.99. The molecule has 1 aromatic rings. The molecule has 0 aliphatic rings. The third kappa shape index (κ3) is 2.22. The summed E-state index contributed by atoms with van der Waals surface area (Å²) in [5.41, 5.74) is 5.83. The van der Waals surface area contributed by atoms with Gasteiger partial charge in [-0.25, -0.2) is 9.37 Å². The van der Waals surface area contributed by atoms with Crippen LogP contribution in [0.2, 0.25) is 0 Å². The van der Waals surface area contributed by atoms with Crippen LogP contribution in [0.15, 0.2) is 12.3 Å². The van der Waals surface area contributed by atoms with Gasteiger partial charge in [-0.2, -0.15) is 0 Å². The van der Waals surface area contributed by atoms with Crippen LogP contribution in [0.3, 0.4) is 0 Å². The zero-order valence-electron chi connectivity index (χ0n) is 9.13. The summed E-state index contributed by atoms with van der Waals surface area (Å²) in [4.78, 5) is 4.00. The Morgan fingerprint density at radius 2 is 2.00 bits per heavy atom. The molecule has 1 rings (SSSR count). The van der Waals surface area contributed by atoms with Crippen molar-refractivity contribution < 1.29 is 4.39 Å². The molecular weight excluding hydrogens is 179 g/mol. The van der Waals surface area contributed by atoms with E-state index in [0.717, 1.165) is 5.56 Å². The van der Waals surface area contributed by atoms with Crippen LogP contribution in [0.5, 0.6) is 0 Å². The third-order valence-electron chi connectivity index (χ3n) is 2.26. The number of anilines is 1. The summed E-state index contributed by atoms with van der Waals surface area (Å²) < 4.78 is 13.6. The lowest BCUT2D eigenvalue weighted by molar-refractivity contribution is 0.220. The van der Waals surface area contributed by atoms with Gasteiger partial charge >= 0.3 is 0 Å². The second-order valence-electron chi connectivity index (χ2n) is 4.33. The lowest BCUT2D eigenvalue weighted by Gasteiger charge is -2.17. The highest BCUT2D eigenvalue weighted by Gasteiger charge is 2.20. The molecule has 0 aromatic carbocycles. The Morgan fingerprint density at radius 1 is 1.43 bits per heavy atom. The van der Waals surface area contributed by atoms with E-state index in [1.807, 2.05) is 13.8 Å². The Kier molecular flexibility index (Phi) is 2.79. The molecule has 0 bridgehead atoms. The monoisotopic (exact) mass is 196 g/mol. The topological polar surface area (TPSA) is 38.9 Å². The van der Waals surface area contributed by atoms with Crippen molar-refractivity contribution in [2.45, 2.75) is 39.3 Å². The minimum absolute atomic E-state index is 0.268. The van der Waals surface area contributed by atoms with Gasteiger partial charge in [0.1, 0.15) is 11.5 Å². The zero-order chi connectivity index (χ0) is 10.9. The fourth-order valence-corrected chi connectivity index (χ4v) is 1.28. The van der Waals surface area contributed by atoms with E-state index in [1.165, 1.54) is 20.0 Å². The molecule has 0 amide bonds. The normalized spacial score (nSPS) is 12.1. The molecule has 14 heavy (non-hydrogen) atoms. The maximum absolute atomic E-state index is 13.6. The number of alkyl halides is 1. The van der Waals surface area contributed by atoms with Crippen molar-refractivity contribution in [3.8, 4) is 0 Å². The Bertz CT molecular complexity index is 327. The predicted molar refractivity (Wildman–Crippen MR) is 56.9 cm³/mol. The van der Waals surface area contributed by atoms with Gasteiger partial charge in [-0.3, -0.25) is 0 Å². The molecule has 0 atom stereocenters. The number of rotatable bonds is 2. The van der Waals surface area contributed by atoms with Crippen molar-refractivity contribution in [3.63, 3.8) is 0 Å².